The molecule has 90 valence electrons. The molecule has 17 heavy (non-hydrogen) atoms. The minimum absolute atomic E-state index is 0.402. The fourth-order valence-corrected chi connectivity index (χ4v) is 2.08. The number of aromatic nitrogens is 1. The predicted octanol–water partition coefficient (Wildman–Crippen LogP) is 3.61. The second kappa shape index (κ2) is 5.25. The lowest BCUT2D eigenvalue weighted by molar-refractivity contribution is 0.345. The highest BCUT2D eigenvalue weighted by atomic mass is 35.5. The summed E-state index contributed by atoms with van der Waals surface area (Å²) in [4.78, 5) is 4.01. The van der Waals surface area contributed by atoms with Crippen LogP contribution in [0.4, 0.5) is 0 Å². The number of nitrogens with zero attached hydrogens (tertiary/aromatic N) is 1. The van der Waals surface area contributed by atoms with Crippen molar-refractivity contribution in [2.45, 2.75) is 0 Å². The second-order valence-electron chi connectivity index (χ2n) is 3.03. The largest absolute Gasteiger partial charge is 0.493 e. The van der Waals surface area contributed by atoms with E-state index in [0.717, 1.165) is 0 Å². The van der Waals surface area contributed by atoms with Gasteiger partial charge in [-0.05, 0) is 12.1 Å². The average Bonchev–Trinajstić information content (AvgIpc) is 2.75. The minimum Gasteiger partial charge on any atom is -0.493 e. The monoisotopic (exact) mass is 271 g/mol. The first-order valence-electron chi connectivity index (χ1n) is 4.74. The fraction of sp³-hybridized carbons (Fsp3) is 0.182. The maximum atomic E-state index is 5.73. The molecule has 0 atom stereocenters. The van der Waals surface area contributed by atoms with Crippen molar-refractivity contribution in [1.82, 2.24) is 4.98 Å². The molecule has 0 bridgehead atoms. The first kappa shape index (κ1) is 12.0. The summed E-state index contributed by atoms with van der Waals surface area (Å²) in [6.07, 6.45) is 0. The molecular weight excluding hydrogens is 262 g/mol. The van der Waals surface area contributed by atoms with E-state index in [1.54, 1.807) is 31.7 Å². The van der Waals surface area contributed by atoms with Crippen LogP contribution in [0.5, 0.6) is 22.4 Å². The van der Waals surface area contributed by atoms with Crippen molar-refractivity contribution >= 4 is 22.9 Å². The zero-order valence-electron chi connectivity index (χ0n) is 9.27. The van der Waals surface area contributed by atoms with Gasteiger partial charge in [0.25, 0.3) is 5.19 Å². The maximum Gasteiger partial charge on any atom is 0.280 e. The molecule has 0 spiro atoms. The van der Waals surface area contributed by atoms with E-state index < -0.39 is 0 Å². The van der Waals surface area contributed by atoms with Crippen LogP contribution in [0.1, 0.15) is 0 Å². The third kappa shape index (κ3) is 2.62. The van der Waals surface area contributed by atoms with Gasteiger partial charge in [0.15, 0.2) is 11.5 Å². The van der Waals surface area contributed by atoms with Crippen LogP contribution in [0, 0.1) is 0 Å². The van der Waals surface area contributed by atoms with Gasteiger partial charge in [-0.3, -0.25) is 0 Å². The Morgan fingerprint density at radius 2 is 1.82 bits per heavy atom. The van der Waals surface area contributed by atoms with E-state index >= 15 is 0 Å². The molecule has 0 fully saturated rings. The molecule has 2 aromatic rings. The van der Waals surface area contributed by atoms with Crippen molar-refractivity contribution in [1.29, 1.82) is 0 Å². The molecule has 0 aliphatic rings. The molecular formula is C11H10ClNO3S. The molecule has 0 N–H and O–H groups in total. The fourth-order valence-electron chi connectivity index (χ4n) is 1.29. The molecule has 0 amide bonds. The predicted molar refractivity (Wildman–Crippen MR) is 66.7 cm³/mol. The molecule has 1 heterocycles. The summed E-state index contributed by atoms with van der Waals surface area (Å²) in [5.41, 5.74) is 0. The molecule has 1 aromatic carbocycles. The van der Waals surface area contributed by atoms with E-state index in [2.05, 4.69) is 4.98 Å². The van der Waals surface area contributed by atoms with E-state index in [0.29, 0.717) is 27.6 Å². The molecule has 1 aromatic heterocycles. The zero-order valence-corrected chi connectivity index (χ0v) is 10.8. The highest BCUT2D eigenvalue weighted by Crippen LogP contribution is 2.40. The van der Waals surface area contributed by atoms with Crippen molar-refractivity contribution in [2.75, 3.05) is 14.2 Å². The van der Waals surface area contributed by atoms with Crippen molar-refractivity contribution < 1.29 is 14.2 Å². The Kier molecular flexibility index (Phi) is 3.71. The molecule has 4 nitrogen and oxygen atoms in total. The summed E-state index contributed by atoms with van der Waals surface area (Å²) in [7, 11) is 3.13. The minimum atomic E-state index is 0.402. The lowest BCUT2D eigenvalue weighted by atomic mass is 10.3. The first-order chi connectivity index (χ1) is 8.24. The second-order valence-corrected chi connectivity index (χ2v) is 4.24. The molecule has 0 unspecified atom stereocenters. The number of para-hydroxylation sites is 1. The van der Waals surface area contributed by atoms with Gasteiger partial charge in [0, 0.05) is 5.38 Å². The molecule has 0 saturated carbocycles. The van der Waals surface area contributed by atoms with Crippen LogP contribution in [0.15, 0.2) is 23.6 Å². The van der Waals surface area contributed by atoms with Crippen LogP contribution in [0.3, 0.4) is 0 Å². The van der Waals surface area contributed by atoms with Gasteiger partial charge in [-0.15, -0.1) is 0 Å². The summed E-state index contributed by atoms with van der Waals surface area (Å²) in [6.45, 7) is 0. The number of rotatable bonds is 4. The van der Waals surface area contributed by atoms with Crippen LogP contribution in [0.2, 0.25) is 5.15 Å². The molecule has 2 rings (SSSR count). The number of benzene rings is 1. The number of hydrogen-bond acceptors (Lipinski definition) is 5. The molecule has 0 aliphatic heterocycles. The van der Waals surface area contributed by atoms with Gasteiger partial charge in [-0.1, -0.05) is 29.0 Å². The Hall–Kier alpha value is -1.46. The smallest absolute Gasteiger partial charge is 0.280 e. The molecule has 0 saturated heterocycles. The summed E-state index contributed by atoms with van der Waals surface area (Å²) in [5.74, 6) is 1.65. The Morgan fingerprint density at radius 1 is 1.18 bits per heavy atom. The third-order valence-corrected chi connectivity index (χ3v) is 3.07. The van der Waals surface area contributed by atoms with Crippen LogP contribution < -0.4 is 14.2 Å². The van der Waals surface area contributed by atoms with Crippen molar-refractivity contribution in [3.8, 4) is 22.4 Å². The number of thiazole rings is 1. The zero-order chi connectivity index (χ0) is 12.3. The summed E-state index contributed by atoms with van der Waals surface area (Å²) >= 11 is 7.04. The molecule has 0 aliphatic carbocycles. The van der Waals surface area contributed by atoms with Gasteiger partial charge in [0.05, 0.1) is 14.2 Å². The van der Waals surface area contributed by atoms with Gasteiger partial charge in [0.1, 0.15) is 5.15 Å². The summed E-state index contributed by atoms with van der Waals surface area (Å²) in [5, 5.41) is 2.54. The summed E-state index contributed by atoms with van der Waals surface area (Å²) in [6, 6.07) is 5.39. The van der Waals surface area contributed by atoms with E-state index in [-0.39, 0.29) is 0 Å². The lowest BCUT2D eigenvalue weighted by Gasteiger charge is -2.11. The standard InChI is InChI=1S/C11H10ClNO3S/c1-14-7-4-3-5-8(15-2)10(7)16-11-13-9(12)6-17-11/h3-6H,1-2H3. The Labute approximate surface area is 108 Å². The lowest BCUT2D eigenvalue weighted by Crippen LogP contribution is -1.93. The molecule has 6 heteroatoms. The van der Waals surface area contributed by atoms with E-state index in [1.807, 2.05) is 6.07 Å². The van der Waals surface area contributed by atoms with Gasteiger partial charge in [-0.2, -0.15) is 4.98 Å². The number of methoxy groups -OCH3 is 2. The SMILES string of the molecule is COc1cccc(OC)c1Oc1nc(Cl)cs1. The van der Waals surface area contributed by atoms with Crippen molar-refractivity contribution in [3.05, 3.63) is 28.7 Å². The van der Waals surface area contributed by atoms with Gasteiger partial charge < -0.3 is 14.2 Å². The number of ether oxygens (including phenoxy) is 3. The Morgan fingerprint density at radius 3 is 2.29 bits per heavy atom. The highest BCUT2D eigenvalue weighted by Gasteiger charge is 2.14. The van der Waals surface area contributed by atoms with Gasteiger partial charge in [0.2, 0.25) is 5.75 Å². The van der Waals surface area contributed by atoms with Crippen LogP contribution in [-0.2, 0) is 0 Å². The molecule has 0 radical (unpaired) electrons. The Bertz CT molecular complexity index is 493. The quantitative estimate of drug-likeness (QED) is 0.852. The van der Waals surface area contributed by atoms with Crippen molar-refractivity contribution in [2.24, 2.45) is 0 Å². The van der Waals surface area contributed by atoms with Crippen molar-refractivity contribution in [3.63, 3.8) is 0 Å². The van der Waals surface area contributed by atoms with E-state index in [9.17, 15) is 0 Å². The van der Waals surface area contributed by atoms with Crippen LogP contribution in [0.25, 0.3) is 0 Å². The van der Waals surface area contributed by atoms with E-state index in [1.165, 1.54) is 11.3 Å². The Balaban J connectivity index is 2.36. The third-order valence-electron chi connectivity index (χ3n) is 2.03. The topological polar surface area (TPSA) is 40.6 Å². The van der Waals surface area contributed by atoms with E-state index in [4.69, 9.17) is 25.8 Å². The number of halogens is 1. The van der Waals surface area contributed by atoms with Crippen LogP contribution in [-0.4, -0.2) is 19.2 Å². The normalized spacial score (nSPS) is 10.1. The average molecular weight is 272 g/mol. The van der Waals surface area contributed by atoms with Crippen LogP contribution >= 0.6 is 22.9 Å². The number of hydrogen-bond donors (Lipinski definition) is 0. The maximum absolute atomic E-state index is 5.73. The summed E-state index contributed by atoms with van der Waals surface area (Å²) < 4.78 is 16.0. The van der Waals surface area contributed by atoms with Gasteiger partial charge in [-0.25, -0.2) is 0 Å². The first-order valence-corrected chi connectivity index (χ1v) is 6.00. The van der Waals surface area contributed by atoms with Gasteiger partial charge >= 0.3 is 0 Å². The highest BCUT2D eigenvalue weighted by molar-refractivity contribution is 7.11.